The van der Waals surface area contributed by atoms with Crippen LogP contribution in [0.25, 0.3) is 0 Å². The van der Waals surface area contributed by atoms with Crippen LogP contribution < -0.4 is 4.74 Å². The van der Waals surface area contributed by atoms with Crippen LogP contribution in [0.1, 0.15) is 16.8 Å². The molecule has 0 saturated carbocycles. The summed E-state index contributed by atoms with van der Waals surface area (Å²) in [6, 6.07) is 3.29. The lowest BCUT2D eigenvalue weighted by Crippen LogP contribution is -2.19. The highest BCUT2D eigenvalue weighted by atomic mass is 35.5. The monoisotopic (exact) mass is 264 g/mol. The molecule has 92 valence electrons. The number of hydrogen-bond acceptors (Lipinski definition) is 3. The third-order valence-electron chi connectivity index (χ3n) is 1.92. The van der Waals surface area contributed by atoms with Crippen molar-refractivity contribution < 1.29 is 17.9 Å². The van der Waals surface area contributed by atoms with E-state index in [4.69, 9.17) is 16.9 Å². The molecule has 0 aromatic carbocycles. The molecular weight excluding hydrogens is 257 g/mol. The van der Waals surface area contributed by atoms with Gasteiger partial charge in [-0.3, -0.25) is 0 Å². The van der Waals surface area contributed by atoms with E-state index in [9.17, 15) is 13.2 Å². The molecule has 3 nitrogen and oxygen atoms in total. The van der Waals surface area contributed by atoms with E-state index in [1.54, 1.807) is 6.07 Å². The van der Waals surface area contributed by atoms with Gasteiger partial charge >= 0.3 is 6.36 Å². The van der Waals surface area contributed by atoms with Gasteiger partial charge in [0.1, 0.15) is 0 Å². The lowest BCUT2D eigenvalue weighted by atomic mass is 10.1. The Balaban J connectivity index is 3.26. The number of halogens is 4. The summed E-state index contributed by atoms with van der Waals surface area (Å²) in [6.07, 6.45) is -5.07. The summed E-state index contributed by atoms with van der Waals surface area (Å²) in [7, 11) is 0. The van der Waals surface area contributed by atoms with Gasteiger partial charge in [-0.15, -0.1) is 24.8 Å². The summed E-state index contributed by atoms with van der Waals surface area (Å²) >= 11 is 5.61. The first-order valence-electron chi connectivity index (χ1n) is 4.55. The van der Waals surface area contributed by atoms with Gasteiger partial charge in [0, 0.05) is 17.1 Å². The van der Waals surface area contributed by atoms with E-state index in [1.807, 2.05) is 0 Å². The van der Waals surface area contributed by atoms with Crippen molar-refractivity contribution in [1.82, 2.24) is 4.98 Å². The summed E-state index contributed by atoms with van der Waals surface area (Å²) < 4.78 is 40.2. The summed E-state index contributed by atoms with van der Waals surface area (Å²) in [6.45, 7) is 1.52. The molecule has 0 aliphatic heterocycles. The van der Waals surface area contributed by atoms with Gasteiger partial charge in [0.15, 0.2) is 0 Å². The van der Waals surface area contributed by atoms with Gasteiger partial charge < -0.3 is 4.74 Å². The van der Waals surface area contributed by atoms with E-state index in [0.29, 0.717) is 11.3 Å². The largest absolute Gasteiger partial charge is 0.574 e. The molecule has 0 amide bonds. The van der Waals surface area contributed by atoms with Crippen molar-refractivity contribution in [3.05, 3.63) is 22.9 Å². The van der Waals surface area contributed by atoms with Crippen molar-refractivity contribution in [3.8, 4) is 11.9 Å². The standard InChI is InChI=1S/C10H8ClF3N2O/c1-6-4-7(5-11)8(2-3-15)9(16-6)17-10(12,13)14/h4H,2,5H2,1H3. The van der Waals surface area contributed by atoms with Crippen molar-refractivity contribution in [1.29, 1.82) is 5.26 Å². The minimum Gasteiger partial charge on any atom is -0.388 e. The fourth-order valence-electron chi connectivity index (χ4n) is 1.32. The molecule has 0 unspecified atom stereocenters. The summed E-state index contributed by atoms with van der Waals surface area (Å²) in [5, 5.41) is 8.57. The third-order valence-corrected chi connectivity index (χ3v) is 2.21. The normalized spacial score (nSPS) is 11.1. The lowest BCUT2D eigenvalue weighted by molar-refractivity contribution is -0.276. The van der Waals surface area contributed by atoms with Crippen molar-refractivity contribution in [2.45, 2.75) is 25.6 Å². The number of alkyl halides is 4. The maximum atomic E-state index is 12.2. The Morgan fingerprint density at radius 1 is 1.53 bits per heavy atom. The SMILES string of the molecule is Cc1cc(CCl)c(CC#N)c(OC(F)(F)F)n1. The topological polar surface area (TPSA) is 45.9 Å². The molecule has 0 radical (unpaired) electrons. The summed E-state index contributed by atoms with van der Waals surface area (Å²) in [5.41, 5.74) is 0.840. The van der Waals surface area contributed by atoms with Crippen LogP contribution in [0.3, 0.4) is 0 Å². The Kier molecular flexibility index (Phi) is 4.18. The Morgan fingerprint density at radius 2 is 2.18 bits per heavy atom. The summed E-state index contributed by atoms with van der Waals surface area (Å²) in [5.74, 6) is -0.607. The van der Waals surface area contributed by atoms with Crippen LogP contribution in [0.4, 0.5) is 13.2 Å². The average Bonchev–Trinajstić information content (AvgIpc) is 2.19. The molecule has 0 atom stereocenters. The van der Waals surface area contributed by atoms with Crippen LogP contribution in [0.5, 0.6) is 5.88 Å². The highest BCUT2D eigenvalue weighted by molar-refractivity contribution is 6.17. The molecule has 1 rings (SSSR count). The second kappa shape index (κ2) is 5.23. The Morgan fingerprint density at radius 3 is 2.65 bits per heavy atom. The predicted octanol–water partition coefficient (Wildman–Crippen LogP) is 3.09. The number of nitriles is 1. The van der Waals surface area contributed by atoms with Crippen LogP contribution in [0.2, 0.25) is 0 Å². The number of aryl methyl sites for hydroxylation is 1. The second-order valence-electron chi connectivity index (χ2n) is 3.22. The second-order valence-corrected chi connectivity index (χ2v) is 3.49. The van der Waals surface area contributed by atoms with Crippen LogP contribution in [-0.4, -0.2) is 11.3 Å². The number of aromatic nitrogens is 1. The molecule has 0 saturated heterocycles. The molecule has 17 heavy (non-hydrogen) atoms. The Bertz CT molecular complexity index is 454. The first-order valence-corrected chi connectivity index (χ1v) is 5.09. The van der Waals surface area contributed by atoms with Gasteiger partial charge in [0.2, 0.25) is 5.88 Å². The Labute approximate surface area is 101 Å². The van der Waals surface area contributed by atoms with Gasteiger partial charge in [0.05, 0.1) is 12.5 Å². The van der Waals surface area contributed by atoms with Crippen molar-refractivity contribution in [2.75, 3.05) is 0 Å². The molecule has 0 N–H and O–H groups in total. The molecular formula is C10H8ClF3N2O. The molecule has 0 fully saturated rings. The number of pyridine rings is 1. The van der Waals surface area contributed by atoms with E-state index < -0.39 is 12.2 Å². The smallest absolute Gasteiger partial charge is 0.388 e. The van der Waals surface area contributed by atoms with E-state index in [-0.39, 0.29) is 17.9 Å². The third kappa shape index (κ3) is 3.79. The van der Waals surface area contributed by atoms with E-state index in [1.165, 1.54) is 13.0 Å². The van der Waals surface area contributed by atoms with Crippen LogP contribution in [0, 0.1) is 18.3 Å². The van der Waals surface area contributed by atoms with Crippen LogP contribution >= 0.6 is 11.6 Å². The van der Waals surface area contributed by atoms with Gasteiger partial charge in [-0.1, -0.05) is 0 Å². The van der Waals surface area contributed by atoms with E-state index in [0.717, 1.165) is 0 Å². The first-order chi connectivity index (χ1) is 7.87. The zero-order chi connectivity index (χ0) is 13.1. The van der Waals surface area contributed by atoms with Crippen molar-refractivity contribution in [2.24, 2.45) is 0 Å². The number of ether oxygens (including phenoxy) is 1. The van der Waals surface area contributed by atoms with Gasteiger partial charge in [-0.2, -0.15) is 5.26 Å². The first kappa shape index (κ1) is 13.6. The minimum atomic E-state index is -4.84. The highest BCUT2D eigenvalue weighted by Gasteiger charge is 2.33. The minimum absolute atomic E-state index is 0.00537. The molecule has 0 aliphatic rings. The molecule has 0 spiro atoms. The predicted molar refractivity (Wildman–Crippen MR) is 54.5 cm³/mol. The molecule has 1 aromatic rings. The van der Waals surface area contributed by atoms with E-state index >= 15 is 0 Å². The summed E-state index contributed by atoms with van der Waals surface area (Å²) in [4.78, 5) is 3.63. The lowest BCUT2D eigenvalue weighted by Gasteiger charge is -2.14. The van der Waals surface area contributed by atoms with Crippen molar-refractivity contribution in [3.63, 3.8) is 0 Å². The molecule has 0 aliphatic carbocycles. The molecule has 1 heterocycles. The van der Waals surface area contributed by atoms with Crippen LogP contribution in [0.15, 0.2) is 6.07 Å². The zero-order valence-corrected chi connectivity index (χ0v) is 9.56. The fourth-order valence-corrected chi connectivity index (χ4v) is 1.56. The number of rotatable bonds is 3. The van der Waals surface area contributed by atoms with Gasteiger partial charge in [0.25, 0.3) is 0 Å². The average molecular weight is 265 g/mol. The maximum Gasteiger partial charge on any atom is 0.574 e. The number of nitrogens with zero attached hydrogens (tertiary/aromatic N) is 2. The maximum absolute atomic E-state index is 12.2. The molecule has 0 bridgehead atoms. The van der Waals surface area contributed by atoms with Crippen LogP contribution in [-0.2, 0) is 12.3 Å². The Hall–Kier alpha value is -1.48. The quantitative estimate of drug-likeness (QED) is 0.788. The molecule has 1 aromatic heterocycles. The highest BCUT2D eigenvalue weighted by Crippen LogP contribution is 2.28. The fraction of sp³-hybridized carbons (Fsp3) is 0.400. The zero-order valence-electron chi connectivity index (χ0n) is 8.81. The van der Waals surface area contributed by atoms with Gasteiger partial charge in [-0.25, -0.2) is 4.98 Å². The van der Waals surface area contributed by atoms with Crippen molar-refractivity contribution >= 4 is 11.6 Å². The van der Waals surface area contributed by atoms with E-state index in [2.05, 4.69) is 9.72 Å². The van der Waals surface area contributed by atoms with Gasteiger partial charge in [-0.05, 0) is 18.6 Å². The number of hydrogen-bond donors (Lipinski definition) is 0. The molecule has 7 heteroatoms.